The molecule has 3 nitrogen and oxygen atoms in total. The molecule has 106 valence electrons. The molecule has 0 spiro atoms. The molecule has 0 bridgehead atoms. The number of rotatable bonds is 4. The fraction of sp³-hybridized carbons (Fsp3) is 0.176. The van der Waals surface area contributed by atoms with Gasteiger partial charge in [0.2, 0.25) is 0 Å². The molecule has 0 aliphatic carbocycles. The number of fused-ring (bicyclic) bond motifs is 1. The second-order valence-electron chi connectivity index (χ2n) is 5.09. The van der Waals surface area contributed by atoms with Gasteiger partial charge in [-0.3, -0.25) is 9.97 Å². The maximum absolute atomic E-state index is 6.05. The lowest BCUT2D eigenvalue weighted by Gasteiger charge is -2.15. The summed E-state index contributed by atoms with van der Waals surface area (Å²) >= 11 is 6.05. The minimum Gasteiger partial charge on any atom is -0.384 e. The van der Waals surface area contributed by atoms with Crippen LogP contribution in [0.25, 0.3) is 10.9 Å². The van der Waals surface area contributed by atoms with E-state index in [2.05, 4.69) is 28.3 Å². The second-order valence-corrected chi connectivity index (χ2v) is 5.52. The van der Waals surface area contributed by atoms with E-state index in [-0.39, 0.29) is 0 Å². The molecule has 1 atom stereocenters. The van der Waals surface area contributed by atoms with Crippen molar-refractivity contribution in [1.29, 1.82) is 0 Å². The van der Waals surface area contributed by atoms with E-state index in [1.165, 1.54) is 5.56 Å². The van der Waals surface area contributed by atoms with Gasteiger partial charge in [-0.1, -0.05) is 30.7 Å². The van der Waals surface area contributed by atoms with Crippen molar-refractivity contribution in [3.63, 3.8) is 0 Å². The number of aromatic nitrogens is 2. The Labute approximate surface area is 129 Å². The van der Waals surface area contributed by atoms with Crippen molar-refractivity contribution in [2.45, 2.75) is 12.8 Å². The summed E-state index contributed by atoms with van der Waals surface area (Å²) in [5.41, 5.74) is 3.24. The number of benzene rings is 1. The smallest absolute Gasteiger partial charge is 0.0753 e. The summed E-state index contributed by atoms with van der Waals surface area (Å²) in [6.07, 6.45) is 5.41. The zero-order valence-corrected chi connectivity index (χ0v) is 12.5. The van der Waals surface area contributed by atoms with Crippen LogP contribution >= 0.6 is 11.6 Å². The minimum atomic E-state index is 0.364. The number of pyridine rings is 2. The van der Waals surface area contributed by atoms with Gasteiger partial charge in [-0.25, -0.2) is 0 Å². The molecule has 0 aliphatic heterocycles. The largest absolute Gasteiger partial charge is 0.384 e. The topological polar surface area (TPSA) is 37.8 Å². The molecule has 1 N–H and O–H groups in total. The minimum absolute atomic E-state index is 0.364. The Morgan fingerprint density at radius 3 is 2.95 bits per heavy atom. The first-order chi connectivity index (χ1) is 10.2. The van der Waals surface area contributed by atoms with Crippen LogP contribution in [0.2, 0.25) is 5.02 Å². The second kappa shape index (κ2) is 6.10. The van der Waals surface area contributed by atoms with Gasteiger partial charge in [0.15, 0.2) is 0 Å². The standard InChI is InChI=1S/C17H16ClN3/c1-12(13-3-2-4-14(18)9-13)10-21-17-6-8-20-16-5-7-19-11-15(16)17/h2-9,11-12H,10H2,1H3,(H,20,21). The molecular formula is C17H16ClN3. The molecule has 0 fully saturated rings. The Morgan fingerprint density at radius 1 is 1.19 bits per heavy atom. The van der Waals surface area contributed by atoms with E-state index in [4.69, 9.17) is 11.6 Å². The Hall–Kier alpha value is -2.13. The SMILES string of the molecule is CC(CNc1ccnc2ccncc12)c1cccc(Cl)c1. The fourth-order valence-electron chi connectivity index (χ4n) is 2.34. The molecule has 3 aromatic rings. The highest BCUT2D eigenvalue weighted by atomic mass is 35.5. The summed E-state index contributed by atoms with van der Waals surface area (Å²) in [6, 6.07) is 11.9. The molecule has 3 rings (SSSR count). The van der Waals surface area contributed by atoms with Crippen LogP contribution in [0.15, 0.2) is 55.0 Å². The van der Waals surface area contributed by atoms with Crippen molar-refractivity contribution in [3.05, 3.63) is 65.6 Å². The molecule has 2 aromatic heterocycles. The molecule has 1 unspecified atom stereocenters. The molecule has 1 aromatic carbocycles. The van der Waals surface area contributed by atoms with Gasteiger partial charge in [-0.05, 0) is 35.7 Å². The van der Waals surface area contributed by atoms with Gasteiger partial charge in [0.1, 0.15) is 0 Å². The van der Waals surface area contributed by atoms with Gasteiger partial charge in [-0.2, -0.15) is 0 Å². The van der Waals surface area contributed by atoms with E-state index < -0.39 is 0 Å². The van der Waals surface area contributed by atoms with Gasteiger partial charge in [0, 0.05) is 41.2 Å². The van der Waals surface area contributed by atoms with E-state index in [0.717, 1.165) is 28.2 Å². The van der Waals surface area contributed by atoms with Crippen molar-refractivity contribution in [1.82, 2.24) is 9.97 Å². The molecule has 2 heterocycles. The summed E-state index contributed by atoms with van der Waals surface area (Å²) in [4.78, 5) is 8.51. The maximum Gasteiger partial charge on any atom is 0.0753 e. The molecule has 0 amide bonds. The summed E-state index contributed by atoms with van der Waals surface area (Å²) in [7, 11) is 0. The van der Waals surface area contributed by atoms with Gasteiger partial charge in [0.05, 0.1) is 5.52 Å². The Morgan fingerprint density at radius 2 is 2.10 bits per heavy atom. The van der Waals surface area contributed by atoms with Crippen molar-refractivity contribution in [2.75, 3.05) is 11.9 Å². The van der Waals surface area contributed by atoms with Gasteiger partial charge >= 0.3 is 0 Å². The zero-order chi connectivity index (χ0) is 14.7. The van der Waals surface area contributed by atoms with Gasteiger partial charge < -0.3 is 5.32 Å². The van der Waals surface area contributed by atoms with Crippen LogP contribution in [-0.4, -0.2) is 16.5 Å². The molecular weight excluding hydrogens is 282 g/mol. The third-order valence-corrected chi connectivity index (χ3v) is 3.79. The van der Waals surface area contributed by atoms with Crippen LogP contribution < -0.4 is 5.32 Å². The van der Waals surface area contributed by atoms with E-state index in [1.54, 1.807) is 6.20 Å². The number of nitrogens with zero attached hydrogens (tertiary/aromatic N) is 2. The van der Waals surface area contributed by atoms with Crippen molar-refractivity contribution in [2.24, 2.45) is 0 Å². The van der Waals surface area contributed by atoms with Crippen LogP contribution in [-0.2, 0) is 0 Å². The number of hydrogen-bond acceptors (Lipinski definition) is 3. The average molecular weight is 298 g/mol. The van der Waals surface area contributed by atoms with Crippen molar-refractivity contribution >= 4 is 28.2 Å². The lowest BCUT2D eigenvalue weighted by atomic mass is 10.0. The van der Waals surface area contributed by atoms with Crippen molar-refractivity contribution in [3.8, 4) is 0 Å². The zero-order valence-electron chi connectivity index (χ0n) is 11.8. The first-order valence-electron chi connectivity index (χ1n) is 6.92. The molecule has 0 aliphatic rings. The van der Waals surface area contributed by atoms with Crippen LogP contribution in [0.5, 0.6) is 0 Å². The maximum atomic E-state index is 6.05. The van der Waals surface area contributed by atoms with Gasteiger partial charge in [0.25, 0.3) is 0 Å². The lowest BCUT2D eigenvalue weighted by molar-refractivity contribution is 0.805. The lowest BCUT2D eigenvalue weighted by Crippen LogP contribution is -2.10. The van der Waals surface area contributed by atoms with Crippen LogP contribution in [0.4, 0.5) is 5.69 Å². The first kappa shape index (κ1) is 13.8. The summed E-state index contributed by atoms with van der Waals surface area (Å²) in [5.74, 6) is 0.364. The molecule has 21 heavy (non-hydrogen) atoms. The quantitative estimate of drug-likeness (QED) is 0.770. The highest BCUT2D eigenvalue weighted by Crippen LogP contribution is 2.23. The number of nitrogens with one attached hydrogen (secondary N) is 1. The Kier molecular flexibility index (Phi) is 4.02. The normalized spacial score (nSPS) is 12.3. The van der Waals surface area contributed by atoms with E-state index in [0.29, 0.717) is 5.92 Å². The highest BCUT2D eigenvalue weighted by molar-refractivity contribution is 6.30. The van der Waals surface area contributed by atoms with Gasteiger partial charge in [-0.15, -0.1) is 0 Å². The van der Waals surface area contributed by atoms with E-state index in [1.807, 2.05) is 42.7 Å². The third kappa shape index (κ3) is 3.14. The fourth-order valence-corrected chi connectivity index (χ4v) is 2.54. The molecule has 0 radical (unpaired) electrons. The van der Waals surface area contributed by atoms with Crippen LogP contribution in [0.1, 0.15) is 18.4 Å². The molecule has 0 saturated carbocycles. The monoisotopic (exact) mass is 297 g/mol. The Balaban J connectivity index is 1.77. The van der Waals surface area contributed by atoms with Crippen molar-refractivity contribution < 1.29 is 0 Å². The van der Waals surface area contributed by atoms with E-state index in [9.17, 15) is 0 Å². The predicted octanol–water partition coefficient (Wildman–Crippen LogP) is 4.50. The summed E-state index contributed by atoms with van der Waals surface area (Å²) < 4.78 is 0. The number of halogens is 1. The summed E-state index contributed by atoms with van der Waals surface area (Å²) in [5, 5.41) is 5.30. The third-order valence-electron chi connectivity index (χ3n) is 3.56. The number of hydrogen-bond donors (Lipinski definition) is 1. The Bertz CT molecular complexity index is 752. The molecule has 4 heteroatoms. The number of anilines is 1. The average Bonchev–Trinajstić information content (AvgIpc) is 2.52. The summed E-state index contributed by atoms with van der Waals surface area (Å²) in [6.45, 7) is 3.01. The predicted molar refractivity (Wildman–Crippen MR) is 87.9 cm³/mol. The first-order valence-corrected chi connectivity index (χ1v) is 7.30. The molecule has 0 saturated heterocycles. The van der Waals surface area contributed by atoms with Crippen LogP contribution in [0.3, 0.4) is 0 Å². The van der Waals surface area contributed by atoms with E-state index >= 15 is 0 Å². The highest BCUT2D eigenvalue weighted by Gasteiger charge is 2.07. The van der Waals surface area contributed by atoms with Crippen LogP contribution in [0, 0.1) is 0 Å².